The molecule has 4 nitrogen and oxygen atoms in total. The van der Waals surface area contributed by atoms with E-state index < -0.39 is 0 Å². The molecular weight excluding hydrogens is 340 g/mol. The monoisotopic (exact) mass is 362 g/mol. The molecule has 138 valence electrons. The molecule has 1 N–H and O–H groups in total. The van der Waals surface area contributed by atoms with E-state index in [0.717, 1.165) is 11.1 Å². The predicted molar refractivity (Wildman–Crippen MR) is 104 cm³/mol. The number of phenols is 1. The zero-order chi connectivity index (χ0) is 18.9. The SMILES string of the molecule is O=C(OCCCc1c(O)cccc1OCc1ccccc1)c1ccccc1. The molecule has 0 amide bonds. The van der Waals surface area contributed by atoms with E-state index in [-0.39, 0.29) is 18.3 Å². The van der Waals surface area contributed by atoms with Crippen LogP contribution in [0.15, 0.2) is 78.9 Å². The van der Waals surface area contributed by atoms with Crippen molar-refractivity contribution < 1.29 is 19.4 Å². The highest BCUT2D eigenvalue weighted by Gasteiger charge is 2.11. The number of hydrogen-bond acceptors (Lipinski definition) is 4. The van der Waals surface area contributed by atoms with Crippen LogP contribution in [0.3, 0.4) is 0 Å². The van der Waals surface area contributed by atoms with Gasteiger partial charge in [-0.3, -0.25) is 0 Å². The molecule has 3 aromatic rings. The second-order valence-corrected chi connectivity index (χ2v) is 6.13. The third-order valence-electron chi connectivity index (χ3n) is 4.16. The Bertz CT molecular complexity index is 860. The van der Waals surface area contributed by atoms with Crippen LogP contribution in [-0.2, 0) is 17.8 Å². The van der Waals surface area contributed by atoms with Gasteiger partial charge < -0.3 is 14.6 Å². The maximum atomic E-state index is 12.0. The van der Waals surface area contributed by atoms with E-state index in [0.29, 0.717) is 30.8 Å². The standard InChI is InChI=1S/C23H22O4/c24-21-14-7-15-22(27-17-18-9-3-1-4-10-18)20(21)13-8-16-26-23(25)19-11-5-2-6-12-19/h1-7,9-12,14-15,24H,8,13,16-17H2. The van der Waals surface area contributed by atoms with E-state index in [1.165, 1.54) is 0 Å². The molecule has 3 rings (SSSR count). The third kappa shape index (κ3) is 5.35. The fourth-order valence-corrected chi connectivity index (χ4v) is 2.75. The number of rotatable bonds is 8. The van der Waals surface area contributed by atoms with Gasteiger partial charge in [0.05, 0.1) is 12.2 Å². The molecule has 3 aromatic carbocycles. The lowest BCUT2D eigenvalue weighted by molar-refractivity contribution is 0.0500. The molecule has 0 fully saturated rings. The number of ether oxygens (including phenoxy) is 2. The van der Waals surface area contributed by atoms with Gasteiger partial charge in [0.25, 0.3) is 0 Å². The molecule has 0 heterocycles. The Morgan fingerprint density at radius 3 is 2.30 bits per heavy atom. The highest BCUT2D eigenvalue weighted by Crippen LogP contribution is 2.29. The maximum Gasteiger partial charge on any atom is 0.338 e. The first-order chi connectivity index (χ1) is 13.2. The molecule has 0 spiro atoms. The van der Waals surface area contributed by atoms with Crippen molar-refractivity contribution in [1.82, 2.24) is 0 Å². The minimum atomic E-state index is -0.339. The third-order valence-corrected chi connectivity index (χ3v) is 4.16. The number of carbonyl (C=O) groups is 1. The molecule has 0 aromatic heterocycles. The number of esters is 1. The van der Waals surface area contributed by atoms with E-state index >= 15 is 0 Å². The van der Waals surface area contributed by atoms with Crippen LogP contribution >= 0.6 is 0 Å². The van der Waals surface area contributed by atoms with E-state index in [2.05, 4.69) is 0 Å². The van der Waals surface area contributed by atoms with Crippen molar-refractivity contribution in [3.63, 3.8) is 0 Å². The molecule has 4 heteroatoms. The summed E-state index contributed by atoms with van der Waals surface area (Å²) >= 11 is 0. The van der Waals surface area contributed by atoms with Crippen LogP contribution in [0.25, 0.3) is 0 Å². The van der Waals surface area contributed by atoms with Gasteiger partial charge >= 0.3 is 5.97 Å². The summed E-state index contributed by atoms with van der Waals surface area (Å²) < 4.78 is 11.2. The quantitative estimate of drug-likeness (QED) is 0.464. The average Bonchev–Trinajstić information content (AvgIpc) is 2.72. The molecule has 0 aliphatic heterocycles. The molecule has 0 unspecified atom stereocenters. The number of carbonyl (C=O) groups excluding carboxylic acids is 1. The lowest BCUT2D eigenvalue weighted by Gasteiger charge is -2.13. The van der Waals surface area contributed by atoms with Crippen molar-refractivity contribution in [2.24, 2.45) is 0 Å². The van der Waals surface area contributed by atoms with Crippen LogP contribution < -0.4 is 4.74 Å². The summed E-state index contributed by atoms with van der Waals surface area (Å²) in [6, 6.07) is 24.0. The molecular formula is C23H22O4. The highest BCUT2D eigenvalue weighted by molar-refractivity contribution is 5.89. The van der Waals surface area contributed by atoms with Crippen LogP contribution in [0, 0.1) is 0 Å². The van der Waals surface area contributed by atoms with Gasteiger partial charge in [-0.1, -0.05) is 54.6 Å². The Balaban J connectivity index is 1.54. The molecule has 0 radical (unpaired) electrons. The van der Waals surface area contributed by atoms with Crippen LogP contribution in [0.1, 0.15) is 27.9 Å². The number of benzene rings is 3. The smallest absolute Gasteiger partial charge is 0.338 e. The number of aromatic hydroxyl groups is 1. The Morgan fingerprint density at radius 2 is 1.56 bits per heavy atom. The molecule has 0 aliphatic rings. The van der Waals surface area contributed by atoms with E-state index in [9.17, 15) is 9.90 Å². The minimum Gasteiger partial charge on any atom is -0.508 e. The van der Waals surface area contributed by atoms with Crippen molar-refractivity contribution in [1.29, 1.82) is 0 Å². The van der Waals surface area contributed by atoms with Crippen LogP contribution in [0.4, 0.5) is 0 Å². The van der Waals surface area contributed by atoms with Gasteiger partial charge in [-0.25, -0.2) is 4.79 Å². The van der Waals surface area contributed by atoms with Crippen molar-refractivity contribution >= 4 is 5.97 Å². The van der Waals surface area contributed by atoms with Gasteiger partial charge in [-0.15, -0.1) is 0 Å². The molecule has 27 heavy (non-hydrogen) atoms. The molecule has 0 saturated heterocycles. The summed E-state index contributed by atoms with van der Waals surface area (Å²) in [6.07, 6.45) is 1.15. The van der Waals surface area contributed by atoms with Gasteiger partial charge in [-0.2, -0.15) is 0 Å². The lowest BCUT2D eigenvalue weighted by Crippen LogP contribution is -2.07. The first-order valence-electron chi connectivity index (χ1n) is 8.94. The van der Waals surface area contributed by atoms with Crippen molar-refractivity contribution in [3.8, 4) is 11.5 Å². The summed E-state index contributed by atoms with van der Waals surface area (Å²) in [5.41, 5.74) is 2.32. The van der Waals surface area contributed by atoms with Gasteiger partial charge in [0.15, 0.2) is 0 Å². The Morgan fingerprint density at radius 1 is 0.852 bits per heavy atom. The van der Waals surface area contributed by atoms with Crippen molar-refractivity contribution in [2.45, 2.75) is 19.4 Å². The molecule has 0 saturated carbocycles. The summed E-state index contributed by atoms with van der Waals surface area (Å²) in [6.45, 7) is 0.709. The number of phenolic OH excluding ortho intramolecular Hbond substituents is 1. The summed E-state index contributed by atoms with van der Waals surface area (Å²) in [4.78, 5) is 12.0. The van der Waals surface area contributed by atoms with Crippen molar-refractivity contribution in [3.05, 3.63) is 95.6 Å². The highest BCUT2D eigenvalue weighted by atomic mass is 16.5. The van der Waals surface area contributed by atoms with E-state index in [4.69, 9.17) is 9.47 Å². The average molecular weight is 362 g/mol. The zero-order valence-electron chi connectivity index (χ0n) is 15.0. The van der Waals surface area contributed by atoms with Crippen LogP contribution in [-0.4, -0.2) is 17.7 Å². The van der Waals surface area contributed by atoms with Crippen LogP contribution in [0.2, 0.25) is 0 Å². The first-order valence-corrected chi connectivity index (χ1v) is 8.94. The topological polar surface area (TPSA) is 55.8 Å². The van der Waals surface area contributed by atoms with Gasteiger partial charge in [0.2, 0.25) is 0 Å². The summed E-state index contributed by atoms with van der Waals surface area (Å²) in [5, 5.41) is 10.2. The van der Waals surface area contributed by atoms with Gasteiger partial charge in [-0.05, 0) is 42.7 Å². The van der Waals surface area contributed by atoms with Gasteiger partial charge in [0, 0.05) is 5.56 Å². The Hall–Kier alpha value is -3.27. The zero-order valence-corrected chi connectivity index (χ0v) is 15.0. The van der Waals surface area contributed by atoms with Crippen molar-refractivity contribution in [2.75, 3.05) is 6.61 Å². The minimum absolute atomic E-state index is 0.190. The maximum absolute atomic E-state index is 12.0. The summed E-state index contributed by atoms with van der Waals surface area (Å²) in [7, 11) is 0. The molecule has 0 atom stereocenters. The molecule has 0 aliphatic carbocycles. The van der Waals surface area contributed by atoms with E-state index in [1.54, 1.807) is 36.4 Å². The first kappa shape index (κ1) is 18.5. The summed E-state index contributed by atoms with van der Waals surface area (Å²) in [5.74, 6) is 0.497. The van der Waals surface area contributed by atoms with Gasteiger partial charge in [0.1, 0.15) is 18.1 Å². The Labute approximate surface area is 159 Å². The second kappa shape index (κ2) is 9.43. The lowest BCUT2D eigenvalue weighted by atomic mass is 10.1. The largest absolute Gasteiger partial charge is 0.508 e. The van der Waals surface area contributed by atoms with Crippen LogP contribution in [0.5, 0.6) is 11.5 Å². The van der Waals surface area contributed by atoms with E-state index in [1.807, 2.05) is 42.5 Å². The fourth-order valence-electron chi connectivity index (χ4n) is 2.75. The number of hydrogen-bond donors (Lipinski definition) is 1. The predicted octanol–water partition coefficient (Wildman–Crippen LogP) is 4.76. The Kier molecular flexibility index (Phi) is 6.47. The molecule has 0 bridgehead atoms. The fraction of sp³-hybridized carbons (Fsp3) is 0.174. The second-order valence-electron chi connectivity index (χ2n) is 6.13. The normalized spacial score (nSPS) is 10.4.